The van der Waals surface area contributed by atoms with E-state index in [9.17, 15) is 12.3 Å². The lowest BCUT2D eigenvalue weighted by Gasteiger charge is -1.91. The molecule has 0 radical (unpaired) electrons. The summed E-state index contributed by atoms with van der Waals surface area (Å²) in [4.78, 5) is 7.09. The second-order valence-corrected chi connectivity index (χ2v) is 4.12. The minimum absolute atomic E-state index is 0.192. The Morgan fingerprint density at radius 3 is 2.86 bits per heavy atom. The summed E-state index contributed by atoms with van der Waals surface area (Å²) in [5.74, 6) is 0. The number of hydrogen-bond acceptors (Lipinski definition) is 4. The Morgan fingerprint density at radius 2 is 2.21 bits per heavy atom. The molecule has 7 heteroatoms. The van der Waals surface area contributed by atoms with E-state index in [1.54, 1.807) is 7.05 Å². The van der Waals surface area contributed by atoms with Crippen LogP contribution in [0.2, 0.25) is 0 Å². The van der Waals surface area contributed by atoms with Crippen LogP contribution < -0.4 is 0 Å². The third-order valence-corrected chi connectivity index (χ3v) is 2.72. The van der Waals surface area contributed by atoms with Crippen LogP contribution in [-0.4, -0.2) is 23.0 Å². The van der Waals surface area contributed by atoms with Crippen molar-refractivity contribution in [3.8, 4) is 0 Å². The Balaban J connectivity index is 2.93. The highest BCUT2D eigenvalue weighted by atomic mass is 32.3. The molecule has 14 heavy (non-hydrogen) atoms. The van der Waals surface area contributed by atoms with Crippen molar-refractivity contribution in [2.75, 3.05) is 0 Å². The fraction of sp³-hybridized carbons (Fsp3) is 0.143. The van der Waals surface area contributed by atoms with Crippen molar-refractivity contribution in [3.63, 3.8) is 0 Å². The van der Waals surface area contributed by atoms with Gasteiger partial charge in [-0.3, -0.25) is 0 Å². The van der Waals surface area contributed by atoms with Gasteiger partial charge in [-0.05, 0) is 0 Å². The normalized spacial score (nSPS) is 12.1. The second kappa shape index (κ2) is 2.74. The van der Waals surface area contributed by atoms with Gasteiger partial charge in [0.2, 0.25) is 0 Å². The summed E-state index contributed by atoms with van der Waals surface area (Å²) >= 11 is 0. The first kappa shape index (κ1) is 9.07. The molecule has 74 valence electrons. The summed E-state index contributed by atoms with van der Waals surface area (Å²) < 4.78 is 35.7. The van der Waals surface area contributed by atoms with Crippen LogP contribution in [0.4, 0.5) is 3.89 Å². The Morgan fingerprint density at radius 1 is 1.50 bits per heavy atom. The molecule has 2 aromatic heterocycles. The molecule has 0 aromatic carbocycles. The maximum absolute atomic E-state index is 12.8. The first-order chi connectivity index (χ1) is 6.50. The summed E-state index contributed by atoms with van der Waals surface area (Å²) in [6, 6.07) is 0. The minimum Gasteiger partial charge on any atom is -0.334 e. The van der Waals surface area contributed by atoms with E-state index in [0.29, 0.717) is 5.65 Å². The molecule has 2 heterocycles. The fourth-order valence-corrected chi connectivity index (χ4v) is 1.97. The lowest BCUT2D eigenvalue weighted by Crippen LogP contribution is -1.89. The molecule has 5 nitrogen and oxygen atoms in total. The van der Waals surface area contributed by atoms with Gasteiger partial charge >= 0.3 is 10.2 Å². The maximum Gasteiger partial charge on any atom is 0.334 e. The molecular weight excluding hydrogens is 209 g/mol. The number of hydrogen-bond donors (Lipinski definition) is 0. The first-order valence-electron chi connectivity index (χ1n) is 3.70. The minimum atomic E-state index is -4.71. The van der Waals surface area contributed by atoms with E-state index < -0.39 is 15.1 Å². The van der Waals surface area contributed by atoms with E-state index in [1.165, 1.54) is 23.3 Å². The second-order valence-electron chi connectivity index (χ2n) is 2.80. The zero-order valence-corrected chi connectivity index (χ0v) is 7.99. The van der Waals surface area contributed by atoms with Gasteiger partial charge in [-0.1, -0.05) is 0 Å². The van der Waals surface area contributed by atoms with Crippen LogP contribution in [0, 0.1) is 0 Å². The molecule has 0 aliphatic heterocycles. The molecule has 0 unspecified atom stereocenters. The summed E-state index contributed by atoms with van der Waals surface area (Å²) in [5.41, 5.74) is 0.385. The predicted molar refractivity (Wildman–Crippen MR) is 46.8 cm³/mol. The molecule has 0 atom stereocenters. The summed E-state index contributed by atoms with van der Waals surface area (Å²) in [6.45, 7) is 0. The Kier molecular flexibility index (Phi) is 1.78. The lowest BCUT2D eigenvalue weighted by atomic mass is 10.4. The maximum atomic E-state index is 12.8. The van der Waals surface area contributed by atoms with Crippen molar-refractivity contribution in [1.82, 2.24) is 14.5 Å². The third kappa shape index (κ3) is 1.25. The first-order valence-corrected chi connectivity index (χ1v) is 5.08. The van der Waals surface area contributed by atoms with E-state index in [0.717, 1.165) is 0 Å². The zero-order valence-electron chi connectivity index (χ0n) is 7.18. The van der Waals surface area contributed by atoms with Gasteiger partial charge in [-0.15, -0.1) is 3.89 Å². The van der Waals surface area contributed by atoms with Gasteiger partial charge in [-0.2, -0.15) is 8.42 Å². The molecule has 0 amide bonds. The smallest absolute Gasteiger partial charge is 0.334 e. The Hall–Kier alpha value is -1.50. The molecule has 0 aliphatic carbocycles. The number of aromatic nitrogens is 3. The van der Waals surface area contributed by atoms with Crippen LogP contribution in [0.1, 0.15) is 0 Å². The molecule has 0 saturated heterocycles. The van der Waals surface area contributed by atoms with Crippen LogP contribution >= 0.6 is 0 Å². The average Bonchev–Trinajstić information content (AvgIpc) is 2.44. The summed E-state index contributed by atoms with van der Waals surface area (Å²) in [7, 11) is -3.12. The van der Waals surface area contributed by atoms with Gasteiger partial charge in [0.25, 0.3) is 0 Å². The van der Waals surface area contributed by atoms with Crippen LogP contribution in [0.25, 0.3) is 11.0 Å². The fourth-order valence-electron chi connectivity index (χ4n) is 1.28. The van der Waals surface area contributed by atoms with Gasteiger partial charge in [0, 0.05) is 19.4 Å². The number of aryl methyl sites for hydroxylation is 1. The van der Waals surface area contributed by atoms with Crippen LogP contribution in [-0.2, 0) is 17.3 Å². The monoisotopic (exact) mass is 215 g/mol. The summed E-state index contributed by atoms with van der Waals surface area (Å²) in [5, 5.41) is 0.192. The van der Waals surface area contributed by atoms with Crippen molar-refractivity contribution < 1.29 is 12.3 Å². The number of fused-ring (bicyclic) bond motifs is 1. The topological polar surface area (TPSA) is 64.8 Å². The van der Waals surface area contributed by atoms with Gasteiger partial charge in [-0.25, -0.2) is 9.97 Å². The molecule has 0 aliphatic rings. The van der Waals surface area contributed by atoms with Crippen molar-refractivity contribution in [3.05, 3.63) is 18.7 Å². The Labute approximate surface area is 79.4 Å². The van der Waals surface area contributed by atoms with Gasteiger partial charge in [0.05, 0.1) is 5.39 Å². The number of halogens is 1. The Bertz CT molecular complexity index is 590. The molecule has 0 spiro atoms. The molecule has 2 aromatic rings. The third-order valence-electron chi connectivity index (χ3n) is 1.86. The molecule has 0 fully saturated rings. The molecule has 0 bridgehead atoms. The van der Waals surface area contributed by atoms with Crippen LogP contribution in [0.3, 0.4) is 0 Å². The SMILES string of the molecule is Cn1cc(S(=O)(=O)F)c2cncnc21. The summed E-state index contributed by atoms with van der Waals surface area (Å²) in [6.07, 6.45) is 3.72. The van der Waals surface area contributed by atoms with Crippen LogP contribution in [0.15, 0.2) is 23.6 Å². The molecule has 2 rings (SSSR count). The van der Waals surface area contributed by atoms with Crippen LogP contribution in [0.5, 0.6) is 0 Å². The molecule has 0 N–H and O–H groups in total. The van der Waals surface area contributed by atoms with E-state index in [2.05, 4.69) is 9.97 Å². The van der Waals surface area contributed by atoms with Crippen molar-refractivity contribution in [2.24, 2.45) is 7.05 Å². The van der Waals surface area contributed by atoms with E-state index in [1.807, 2.05) is 0 Å². The van der Waals surface area contributed by atoms with E-state index in [4.69, 9.17) is 0 Å². The van der Waals surface area contributed by atoms with Gasteiger partial charge < -0.3 is 4.57 Å². The highest BCUT2D eigenvalue weighted by Crippen LogP contribution is 2.23. The van der Waals surface area contributed by atoms with E-state index >= 15 is 0 Å². The van der Waals surface area contributed by atoms with Crippen molar-refractivity contribution in [1.29, 1.82) is 0 Å². The van der Waals surface area contributed by atoms with E-state index in [-0.39, 0.29) is 5.39 Å². The highest BCUT2D eigenvalue weighted by Gasteiger charge is 2.19. The van der Waals surface area contributed by atoms with Gasteiger partial charge in [0.15, 0.2) is 0 Å². The molecular formula is C7H6FN3O2S. The number of rotatable bonds is 1. The standard InChI is InChI=1S/C7H6FN3O2S/c1-11-3-6(14(8,12)13)5-2-9-4-10-7(5)11/h2-4H,1H3. The van der Waals surface area contributed by atoms with Crippen molar-refractivity contribution in [2.45, 2.75) is 4.90 Å². The molecule has 0 saturated carbocycles. The van der Waals surface area contributed by atoms with Crippen molar-refractivity contribution >= 4 is 21.3 Å². The van der Waals surface area contributed by atoms with Gasteiger partial charge in [0.1, 0.15) is 16.9 Å². The average molecular weight is 215 g/mol. The lowest BCUT2D eigenvalue weighted by molar-refractivity contribution is 0.552. The predicted octanol–water partition coefficient (Wildman–Crippen LogP) is 0.627. The highest BCUT2D eigenvalue weighted by molar-refractivity contribution is 7.86. The number of nitrogens with zero attached hydrogens (tertiary/aromatic N) is 3. The quantitative estimate of drug-likeness (QED) is 0.654. The largest absolute Gasteiger partial charge is 0.334 e. The zero-order chi connectivity index (χ0) is 10.3.